The molecule has 1 aromatic rings. The van der Waals surface area contributed by atoms with Gasteiger partial charge in [0.2, 0.25) is 0 Å². The van der Waals surface area contributed by atoms with E-state index in [2.05, 4.69) is 0 Å². The highest BCUT2D eigenvalue weighted by Gasteiger charge is 2.43. The fourth-order valence-electron chi connectivity index (χ4n) is 1.52. The van der Waals surface area contributed by atoms with Crippen LogP contribution in [0.1, 0.15) is 12.5 Å². The summed E-state index contributed by atoms with van der Waals surface area (Å²) in [6.45, 7) is 2.49. The monoisotopic (exact) mass is 206 g/mol. The number of benzene rings is 1. The van der Waals surface area contributed by atoms with Crippen LogP contribution in [-0.4, -0.2) is 24.6 Å². The third-order valence-electron chi connectivity index (χ3n) is 2.51. The molecule has 0 aliphatic carbocycles. The van der Waals surface area contributed by atoms with Gasteiger partial charge in [-0.15, -0.1) is 0 Å². The average Bonchev–Trinajstić information content (AvgIpc) is 3.06. The number of rotatable bonds is 5. The van der Waals surface area contributed by atoms with Crippen LogP contribution in [0.4, 0.5) is 0 Å². The first-order valence-electron chi connectivity index (χ1n) is 5.07. The van der Waals surface area contributed by atoms with Crippen molar-refractivity contribution in [2.45, 2.75) is 31.8 Å². The molecule has 1 aliphatic heterocycles. The highest BCUT2D eigenvalue weighted by molar-refractivity contribution is 5.60. The molecule has 3 nitrogen and oxygen atoms in total. The van der Waals surface area contributed by atoms with Crippen LogP contribution in [0.25, 0.3) is 0 Å². The molecule has 0 bridgehead atoms. The van der Waals surface area contributed by atoms with Crippen molar-refractivity contribution < 1.29 is 14.3 Å². The number of aldehydes is 1. The third kappa shape index (κ3) is 2.64. The van der Waals surface area contributed by atoms with Gasteiger partial charge in [-0.1, -0.05) is 30.3 Å². The van der Waals surface area contributed by atoms with E-state index in [0.29, 0.717) is 6.61 Å². The van der Waals surface area contributed by atoms with Crippen LogP contribution < -0.4 is 0 Å². The van der Waals surface area contributed by atoms with Crippen LogP contribution in [0.3, 0.4) is 0 Å². The number of hydrogen-bond acceptors (Lipinski definition) is 3. The van der Waals surface area contributed by atoms with Gasteiger partial charge in [0.25, 0.3) is 0 Å². The molecule has 1 heterocycles. The Kier molecular flexibility index (Phi) is 3.14. The largest absolute Gasteiger partial charge is 0.371 e. The van der Waals surface area contributed by atoms with Crippen LogP contribution in [0.2, 0.25) is 0 Å². The average molecular weight is 206 g/mol. The summed E-state index contributed by atoms with van der Waals surface area (Å²) in [4.78, 5) is 10.4. The number of carbonyl (C=O) groups is 1. The molecular formula is C12H14O3. The number of hydrogen-bond donors (Lipinski definition) is 0. The first kappa shape index (κ1) is 10.3. The van der Waals surface area contributed by atoms with Crippen LogP contribution in [0.5, 0.6) is 0 Å². The summed E-state index contributed by atoms with van der Waals surface area (Å²) in [5.74, 6) is 0. The van der Waals surface area contributed by atoms with E-state index in [0.717, 1.165) is 11.8 Å². The SMILES string of the molecule is C[C@H](OCc1ccccc1)[C@H]1O[C@H]1C=O. The van der Waals surface area contributed by atoms with Crippen LogP contribution in [-0.2, 0) is 20.9 Å². The van der Waals surface area contributed by atoms with E-state index in [1.54, 1.807) is 0 Å². The lowest BCUT2D eigenvalue weighted by Gasteiger charge is -2.09. The van der Waals surface area contributed by atoms with Crippen molar-refractivity contribution in [3.05, 3.63) is 35.9 Å². The Morgan fingerprint density at radius 1 is 1.47 bits per heavy atom. The van der Waals surface area contributed by atoms with Gasteiger partial charge >= 0.3 is 0 Å². The lowest BCUT2D eigenvalue weighted by atomic mass is 10.2. The molecule has 1 saturated heterocycles. The molecular weight excluding hydrogens is 192 g/mol. The van der Waals surface area contributed by atoms with E-state index in [4.69, 9.17) is 9.47 Å². The van der Waals surface area contributed by atoms with E-state index in [9.17, 15) is 4.79 Å². The molecule has 3 atom stereocenters. The first-order chi connectivity index (χ1) is 7.31. The van der Waals surface area contributed by atoms with Gasteiger partial charge in [-0.05, 0) is 12.5 Å². The minimum absolute atomic E-state index is 0.0274. The van der Waals surface area contributed by atoms with Crippen LogP contribution in [0, 0.1) is 0 Å². The maximum Gasteiger partial charge on any atom is 0.151 e. The van der Waals surface area contributed by atoms with E-state index in [1.165, 1.54) is 0 Å². The molecule has 0 spiro atoms. The zero-order chi connectivity index (χ0) is 10.7. The molecule has 0 amide bonds. The third-order valence-corrected chi connectivity index (χ3v) is 2.51. The summed E-state index contributed by atoms with van der Waals surface area (Å²) < 4.78 is 10.7. The summed E-state index contributed by atoms with van der Waals surface area (Å²) in [5, 5.41) is 0. The Morgan fingerprint density at radius 2 is 2.20 bits per heavy atom. The molecule has 15 heavy (non-hydrogen) atoms. The van der Waals surface area contributed by atoms with Crippen molar-refractivity contribution in [1.82, 2.24) is 0 Å². The maximum absolute atomic E-state index is 10.4. The summed E-state index contributed by atoms with van der Waals surface area (Å²) in [5.41, 5.74) is 1.13. The number of ether oxygens (including phenoxy) is 2. The Morgan fingerprint density at radius 3 is 2.80 bits per heavy atom. The van der Waals surface area contributed by atoms with Gasteiger partial charge in [0.1, 0.15) is 12.2 Å². The molecule has 0 saturated carbocycles. The highest BCUT2D eigenvalue weighted by Crippen LogP contribution is 2.25. The van der Waals surface area contributed by atoms with Crippen molar-refractivity contribution in [3.63, 3.8) is 0 Å². The number of carbonyl (C=O) groups excluding carboxylic acids is 1. The van der Waals surface area contributed by atoms with E-state index < -0.39 is 0 Å². The minimum atomic E-state index is -0.254. The molecule has 0 unspecified atom stereocenters. The van der Waals surface area contributed by atoms with Gasteiger partial charge in [0, 0.05) is 0 Å². The predicted molar refractivity (Wildman–Crippen MR) is 55.4 cm³/mol. The van der Waals surface area contributed by atoms with Crippen LogP contribution >= 0.6 is 0 Å². The summed E-state index contributed by atoms with van der Waals surface area (Å²) >= 11 is 0. The van der Waals surface area contributed by atoms with E-state index >= 15 is 0 Å². The van der Waals surface area contributed by atoms with Gasteiger partial charge < -0.3 is 14.3 Å². The summed E-state index contributed by atoms with van der Waals surface area (Å²) in [6, 6.07) is 9.95. The number of epoxide rings is 1. The fraction of sp³-hybridized carbons (Fsp3) is 0.417. The molecule has 1 aliphatic rings. The Labute approximate surface area is 89.0 Å². The van der Waals surface area contributed by atoms with Crippen molar-refractivity contribution in [2.24, 2.45) is 0 Å². The normalized spacial score (nSPS) is 25.9. The second-order valence-electron chi connectivity index (χ2n) is 3.70. The second kappa shape index (κ2) is 4.55. The standard InChI is InChI=1S/C12H14O3/c1-9(12-11(7-13)15-12)14-8-10-5-3-2-4-6-10/h2-7,9,11-12H,8H2,1H3/t9-,11-,12+/m0/s1. The Bertz CT molecular complexity index is 323. The van der Waals surface area contributed by atoms with Crippen molar-refractivity contribution in [2.75, 3.05) is 0 Å². The lowest BCUT2D eigenvalue weighted by Crippen LogP contribution is -2.17. The highest BCUT2D eigenvalue weighted by atomic mass is 16.6. The van der Waals surface area contributed by atoms with Crippen molar-refractivity contribution in [3.8, 4) is 0 Å². The predicted octanol–water partition coefficient (Wildman–Crippen LogP) is 1.56. The molecule has 0 N–H and O–H groups in total. The Balaban J connectivity index is 1.77. The maximum atomic E-state index is 10.4. The summed E-state index contributed by atoms with van der Waals surface area (Å²) in [7, 11) is 0. The zero-order valence-electron chi connectivity index (χ0n) is 8.63. The molecule has 80 valence electrons. The van der Waals surface area contributed by atoms with Gasteiger partial charge in [0.05, 0.1) is 12.7 Å². The van der Waals surface area contributed by atoms with Gasteiger partial charge in [-0.3, -0.25) is 0 Å². The van der Waals surface area contributed by atoms with E-state index in [1.807, 2.05) is 37.3 Å². The van der Waals surface area contributed by atoms with Gasteiger partial charge in [0.15, 0.2) is 6.29 Å². The Hall–Kier alpha value is -1.19. The topological polar surface area (TPSA) is 38.8 Å². The van der Waals surface area contributed by atoms with Gasteiger partial charge in [-0.25, -0.2) is 0 Å². The molecule has 3 heteroatoms. The smallest absolute Gasteiger partial charge is 0.151 e. The molecule has 2 rings (SSSR count). The molecule has 1 aromatic carbocycles. The lowest BCUT2D eigenvalue weighted by molar-refractivity contribution is -0.108. The van der Waals surface area contributed by atoms with Crippen LogP contribution in [0.15, 0.2) is 30.3 Å². The second-order valence-corrected chi connectivity index (χ2v) is 3.70. The molecule has 0 aromatic heterocycles. The minimum Gasteiger partial charge on any atom is -0.371 e. The first-order valence-corrected chi connectivity index (χ1v) is 5.07. The van der Waals surface area contributed by atoms with Crippen molar-refractivity contribution in [1.29, 1.82) is 0 Å². The fourth-order valence-corrected chi connectivity index (χ4v) is 1.52. The van der Waals surface area contributed by atoms with Gasteiger partial charge in [-0.2, -0.15) is 0 Å². The molecule has 1 fully saturated rings. The van der Waals surface area contributed by atoms with Crippen molar-refractivity contribution >= 4 is 6.29 Å². The van der Waals surface area contributed by atoms with E-state index in [-0.39, 0.29) is 18.3 Å². The summed E-state index contributed by atoms with van der Waals surface area (Å²) in [6.07, 6.45) is 0.495. The molecule has 0 radical (unpaired) electrons. The zero-order valence-corrected chi connectivity index (χ0v) is 8.63. The quantitative estimate of drug-likeness (QED) is 0.542.